The van der Waals surface area contributed by atoms with Crippen molar-refractivity contribution in [3.05, 3.63) is 23.8 Å². The van der Waals surface area contributed by atoms with E-state index in [1.807, 2.05) is 0 Å². The fourth-order valence-corrected chi connectivity index (χ4v) is 2.64. The van der Waals surface area contributed by atoms with Crippen LogP contribution in [0.5, 0.6) is 11.5 Å². The van der Waals surface area contributed by atoms with Crippen LogP contribution in [0.25, 0.3) is 0 Å². The van der Waals surface area contributed by atoms with Crippen molar-refractivity contribution in [3.8, 4) is 11.5 Å². The Hall–Kier alpha value is -1.75. The number of phenolic OH excluding ortho intramolecular Hbond substituents is 1. The number of phenols is 1. The number of hydrogen-bond acceptors (Lipinski definition) is 4. The van der Waals surface area contributed by atoms with Gasteiger partial charge in [0.15, 0.2) is 11.5 Å². The molecule has 0 aromatic heterocycles. The van der Waals surface area contributed by atoms with E-state index >= 15 is 0 Å². The molecule has 1 aliphatic heterocycles. The van der Waals surface area contributed by atoms with Gasteiger partial charge >= 0.3 is 0 Å². The molecule has 0 radical (unpaired) electrons. The highest BCUT2D eigenvalue weighted by molar-refractivity contribution is 5.97. The summed E-state index contributed by atoms with van der Waals surface area (Å²) in [4.78, 5) is 14.4. The number of amides is 1. The molecule has 1 unspecified atom stereocenters. The zero-order valence-corrected chi connectivity index (χ0v) is 12.1. The Bertz CT molecular complexity index is 476. The van der Waals surface area contributed by atoms with Crippen LogP contribution in [-0.2, 0) is 0 Å². The number of ether oxygens (including phenoxy) is 1. The average molecular weight is 278 g/mol. The molecule has 110 valence electrons. The number of piperidine rings is 1. The molecule has 1 aliphatic rings. The molecule has 1 aromatic carbocycles. The van der Waals surface area contributed by atoms with Gasteiger partial charge in [-0.2, -0.15) is 0 Å². The molecule has 0 bridgehead atoms. The number of nitrogens with zero attached hydrogens (tertiary/aromatic N) is 1. The average Bonchev–Trinajstić information content (AvgIpc) is 2.45. The second-order valence-corrected chi connectivity index (χ2v) is 5.34. The summed E-state index contributed by atoms with van der Waals surface area (Å²) in [6.07, 6.45) is 2.30. The fourth-order valence-electron chi connectivity index (χ4n) is 2.64. The predicted octanol–water partition coefficient (Wildman–Crippen LogP) is 1.47. The standard InChI is InChI=1S/C15H22N2O3/c1-17-8-4-5-11(10-17)9-16-15(19)12-6-3-7-13(20-2)14(12)18/h3,6-7,11,18H,4-5,8-10H2,1-2H3,(H,16,19). The second kappa shape index (κ2) is 6.61. The van der Waals surface area contributed by atoms with Gasteiger partial charge in [0.2, 0.25) is 0 Å². The number of aromatic hydroxyl groups is 1. The van der Waals surface area contributed by atoms with E-state index in [0.29, 0.717) is 18.2 Å². The molecule has 1 saturated heterocycles. The molecule has 0 aliphatic carbocycles. The van der Waals surface area contributed by atoms with E-state index in [1.54, 1.807) is 18.2 Å². The maximum absolute atomic E-state index is 12.1. The van der Waals surface area contributed by atoms with Gasteiger partial charge in [-0.15, -0.1) is 0 Å². The van der Waals surface area contributed by atoms with E-state index in [1.165, 1.54) is 13.5 Å². The van der Waals surface area contributed by atoms with Crippen LogP contribution >= 0.6 is 0 Å². The van der Waals surface area contributed by atoms with Crippen molar-refractivity contribution < 1.29 is 14.6 Å². The van der Waals surface area contributed by atoms with Crippen LogP contribution in [0.15, 0.2) is 18.2 Å². The number of likely N-dealkylation sites (tertiary alicyclic amines) is 1. The maximum Gasteiger partial charge on any atom is 0.255 e. The SMILES string of the molecule is COc1cccc(C(=O)NCC2CCCN(C)C2)c1O. The molecule has 1 atom stereocenters. The van der Waals surface area contributed by atoms with E-state index in [-0.39, 0.29) is 17.2 Å². The summed E-state index contributed by atoms with van der Waals surface area (Å²) in [5.74, 6) is 0.434. The Balaban J connectivity index is 1.95. The highest BCUT2D eigenvalue weighted by atomic mass is 16.5. The first-order valence-electron chi connectivity index (χ1n) is 6.94. The molecule has 1 heterocycles. The Morgan fingerprint density at radius 1 is 1.55 bits per heavy atom. The minimum atomic E-state index is -0.255. The molecule has 5 heteroatoms. The molecule has 20 heavy (non-hydrogen) atoms. The Morgan fingerprint density at radius 2 is 2.35 bits per heavy atom. The van der Waals surface area contributed by atoms with Crippen molar-refractivity contribution in [2.75, 3.05) is 33.8 Å². The van der Waals surface area contributed by atoms with Crippen LogP contribution in [0.1, 0.15) is 23.2 Å². The molecular weight excluding hydrogens is 256 g/mol. The largest absolute Gasteiger partial charge is 0.504 e. The molecule has 1 amide bonds. The molecule has 0 saturated carbocycles. The van der Waals surface area contributed by atoms with Gasteiger partial charge in [0.25, 0.3) is 5.91 Å². The first kappa shape index (κ1) is 14.7. The summed E-state index contributed by atoms with van der Waals surface area (Å²) in [5, 5.41) is 12.8. The van der Waals surface area contributed by atoms with Gasteiger partial charge in [0, 0.05) is 13.1 Å². The summed E-state index contributed by atoms with van der Waals surface area (Å²) in [6, 6.07) is 4.92. The smallest absolute Gasteiger partial charge is 0.255 e. The van der Waals surface area contributed by atoms with Gasteiger partial charge in [-0.25, -0.2) is 0 Å². The van der Waals surface area contributed by atoms with Crippen LogP contribution in [0.3, 0.4) is 0 Å². The quantitative estimate of drug-likeness (QED) is 0.875. The number of hydrogen-bond donors (Lipinski definition) is 2. The lowest BCUT2D eigenvalue weighted by Crippen LogP contribution is -2.39. The van der Waals surface area contributed by atoms with Gasteiger partial charge in [0.05, 0.1) is 12.7 Å². The van der Waals surface area contributed by atoms with Crippen LogP contribution in [0.2, 0.25) is 0 Å². The minimum absolute atomic E-state index is 0.103. The van der Waals surface area contributed by atoms with E-state index in [2.05, 4.69) is 17.3 Å². The van der Waals surface area contributed by atoms with E-state index < -0.39 is 0 Å². The van der Waals surface area contributed by atoms with Crippen molar-refractivity contribution >= 4 is 5.91 Å². The van der Waals surface area contributed by atoms with Gasteiger partial charge in [-0.3, -0.25) is 4.79 Å². The minimum Gasteiger partial charge on any atom is -0.504 e. The Labute approximate surface area is 119 Å². The van der Waals surface area contributed by atoms with Crippen molar-refractivity contribution in [2.24, 2.45) is 5.92 Å². The number of rotatable bonds is 4. The highest BCUT2D eigenvalue weighted by Gasteiger charge is 2.19. The van der Waals surface area contributed by atoms with E-state index in [9.17, 15) is 9.90 Å². The third-order valence-corrected chi connectivity index (χ3v) is 3.74. The summed E-state index contributed by atoms with van der Waals surface area (Å²) in [6.45, 7) is 2.77. The molecule has 5 nitrogen and oxygen atoms in total. The molecule has 2 rings (SSSR count). The van der Waals surface area contributed by atoms with Gasteiger partial charge < -0.3 is 20.1 Å². The van der Waals surface area contributed by atoms with Crippen molar-refractivity contribution in [3.63, 3.8) is 0 Å². The maximum atomic E-state index is 12.1. The van der Waals surface area contributed by atoms with Crippen LogP contribution in [-0.4, -0.2) is 49.7 Å². The number of carbonyl (C=O) groups is 1. The van der Waals surface area contributed by atoms with Crippen LogP contribution in [0.4, 0.5) is 0 Å². The summed E-state index contributed by atoms with van der Waals surface area (Å²) >= 11 is 0. The Morgan fingerprint density at radius 3 is 3.05 bits per heavy atom. The first-order valence-corrected chi connectivity index (χ1v) is 6.94. The molecule has 2 N–H and O–H groups in total. The zero-order chi connectivity index (χ0) is 14.5. The third kappa shape index (κ3) is 3.42. The lowest BCUT2D eigenvalue weighted by molar-refractivity contribution is 0.0933. The lowest BCUT2D eigenvalue weighted by atomic mass is 9.98. The zero-order valence-electron chi connectivity index (χ0n) is 12.1. The van der Waals surface area contributed by atoms with Gasteiger partial charge in [0.1, 0.15) is 0 Å². The molecular formula is C15H22N2O3. The molecule has 1 aromatic rings. The molecule has 0 spiro atoms. The number of benzene rings is 1. The summed E-state index contributed by atoms with van der Waals surface area (Å²) in [5.41, 5.74) is 0.258. The predicted molar refractivity (Wildman–Crippen MR) is 77.2 cm³/mol. The lowest BCUT2D eigenvalue weighted by Gasteiger charge is -2.29. The van der Waals surface area contributed by atoms with Crippen molar-refractivity contribution in [1.82, 2.24) is 10.2 Å². The number of nitrogens with one attached hydrogen (secondary N) is 1. The fraction of sp³-hybridized carbons (Fsp3) is 0.533. The van der Waals surface area contributed by atoms with Gasteiger partial charge in [-0.05, 0) is 44.5 Å². The van der Waals surface area contributed by atoms with Crippen molar-refractivity contribution in [1.29, 1.82) is 0 Å². The Kier molecular flexibility index (Phi) is 4.84. The summed E-state index contributed by atoms with van der Waals surface area (Å²) in [7, 11) is 3.57. The van der Waals surface area contributed by atoms with E-state index in [4.69, 9.17) is 4.74 Å². The number of methoxy groups -OCH3 is 1. The van der Waals surface area contributed by atoms with E-state index in [0.717, 1.165) is 19.5 Å². The topological polar surface area (TPSA) is 61.8 Å². The van der Waals surface area contributed by atoms with Crippen molar-refractivity contribution in [2.45, 2.75) is 12.8 Å². The van der Waals surface area contributed by atoms with Crippen LogP contribution in [0, 0.1) is 5.92 Å². The molecule has 1 fully saturated rings. The number of carbonyl (C=O) groups excluding carboxylic acids is 1. The third-order valence-electron chi connectivity index (χ3n) is 3.74. The monoisotopic (exact) mass is 278 g/mol. The number of para-hydroxylation sites is 1. The van der Waals surface area contributed by atoms with Crippen LogP contribution < -0.4 is 10.1 Å². The summed E-state index contributed by atoms with van der Waals surface area (Å²) < 4.78 is 5.01. The second-order valence-electron chi connectivity index (χ2n) is 5.34. The highest BCUT2D eigenvalue weighted by Crippen LogP contribution is 2.29. The first-order chi connectivity index (χ1) is 9.61. The normalized spacial score (nSPS) is 19.6. The van der Waals surface area contributed by atoms with Gasteiger partial charge in [-0.1, -0.05) is 6.07 Å².